The number of hydrogen-bond donors (Lipinski definition) is 2. The molecule has 1 atom stereocenters. The van der Waals surface area contributed by atoms with Gasteiger partial charge in [0, 0.05) is 36.5 Å². The van der Waals surface area contributed by atoms with Crippen LogP contribution in [0.25, 0.3) is 11.1 Å². The van der Waals surface area contributed by atoms with Crippen molar-refractivity contribution in [1.29, 1.82) is 0 Å². The summed E-state index contributed by atoms with van der Waals surface area (Å²) < 4.78 is 13.2. The van der Waals surface area contributed by atoms with Gasteiger partial charge in [0.15, 0.2) is 0 Å². The molecule has 0 saturated carbocycles. The molecule has 6 nitrogen and oxygen atoms in total. The van der Waals surface area contributed by atoms with E-state index >= 15 is 0 Å². The second-order valence-electron chi connectivity index (χ2n) is 6.27. The molecule has 1 aliphatic heterocycles. The zero-order valence-electron chi connectivity index (χ0n) is 13.7. The number of hydrogen-bond acceptors (Lipinski definition) is 5. The maximum atomic E-state index is 13.2. The molecule has 0 spiro atoms. The monoisotopic (exact) mass is 338 g/mol. The predicted octanol–water partition coefficient (Wildman–Crippen LogP) is 2.97. The number of aromatic amines is 1. The first-order valence-electron chi connectivity index (χ1n) is 8.33. The lowest BCUT2D eigenvalue weighted by molar-refractivity contribution is 0.495. The molecule has 4 rings (SSSR count). The van der Waals surface area contributed by atoms with Gasteiger partial charge in [0.2, 0.25) is 5.95 Å². The van der Waals surface area contributed by atoms with Crippen LogP contribution in [0.1, 0.15) is 24.5 Å². The van der Waals surface area contributed by atoms with Crippen LogP contribution in [0.15, 0.2) is 42.7 Å². The maximum Gasteiger partial charge on any atom is 0.227 e. The molecule has 1 aliphatic rings. The minimum atomic E-state index is -0.239. The number of nitrogens with zero attached hydrogens (tertiary/aromatic N) is 4. The minimum absolute atomic E-state index is 0.239. The van der Waals surface area contributed by atoms with E-state index in [4.69, 9.17) is 5.73 Å². The lowest BCUT2D eigenvalue weighted by Gasteiger charge is -2.32. The van der Waals surface area contributed by atoms with Crippen LogP contribution in [-0.4, -0.2) is 33.3 Å². The van der Waals surface area contributed by atoms with E-state index in [0.29, 0.717) is 11.8 Å². The summed E-state index contributed by atoms with van der Waals surface area (Å²) in [5.41, 5.74) is 8.83. The Hall–Kier alpha value is -2.96. The van der Waals surface area contributed by atoms with Gasteiger partial charge in [-0.15, -0.1) is 0 Å². The van der Waals surface area contributed by atoms with Crippen LogP contribution >= 0.6 is 0 Å². The van der Waals surface area contributed by atoms with Gasteiger partial charge in [-0.25, -0.2) is 9.37 Å². The highest BCUT2D eigenvalue weighted by Gasteiger charge is 2.26. The molecule has 7 heteroatoms. The number of nitrogens with two attached hydrogens (primary N) is 1. The molecule has 0 aliphatic carbocycles. The Morgan fingerprint density at radius 1 is 1.20 bits per heavy atom. The molecule has 0 bridgehead atoms. The highest BCUT2D eigenvalue weighted by Crippen LogP contribution is 2.33. The van der Waals surface area contributed by atoms with Crippen molar-refractivity contribution in [3.63, 3.8) is 0 Å². The minimum Gasteiger partial charge on any atom is -0.384 e. The van der Waals surface area contributed by atoms with Crippen molar-refractivity contribution in [3.8, 4) is 11.1 Å². The number of nitrogens with one attached hydrogen (secondary N) is 1. The largest absolute Gasteiger partial charge is 0.384 e. The van der Waals surface area contributed by atoms with Crippen molar-refractivity contribution in [2.24, 2.45) is 0 Å². The van der Waals surface area contributed by atoms with Crippen molar-refractivity contribution >= 4 is 11.8 Å². The smallest absolute Gasteiger partial charge is 0.227 e. The Bertz CT molecular complexity index is 860. The molecule has 0 unspecified atom stereocenters. The number of anilines is 2. The summed E-state index contributed by atoms with van der Waals surface area (Å²) in [7, 11) is 0. The number of rotatable bonds is 3. The number of piperidine rings is 1. The molecule has 1 aromatic carbocycles. The van der Waals surface area contributed by atoms with Crippen LogP contribution in [0.4, 0.5) is 16.2 Å². The van der Waals surface area contributed by atoms with E-state index in [1.807, 2.05) is 0 Å². The van der Waals surface area contributed by atoms with Crippen molar-refractivity contribution in [3.05, 3.63) is 54.2 Å². The van der Waals surface area contributed by atoms with Crippen LogP contribution in [0.5, 0.6) is 0 Å². The van der Waals surface area contributed by atoms with Crippen molar-refractivity contribution in [1.82, 2.24) is 20.2 Å². The molecular formula is C18H19FN6. The number of benzene rings is 1. The Morgan fingerprint density at radius 2 is 2.04 bits per heavy atom. The van der Waals surface area contributed by atoms with Crippen molar-refractivity contribution in [2.75, 3.05) is 23.7 Å². The summed E-state index contributed by atoms with van der Waals surface area (Å²) in [6.45, 7) is 1.69. The van der Waals surface area contributed by atoms with Gasteiger partial charge >= 0.3 is 0 Å². The quantitative estimate of drug-likeness (QED) is 0.767. The second kappa shape index (κ2) is 6.51. The van der Waals surface area contributed by atoms with Gasteiger partial charge < -0.3 is 10.6 Å². The average Bonchev–Trinajstić information content (AvgIpc) is 3.12. The van der Waals surface area contributed by atoms with Crippen molar-refractivity contribution in [2.45, 2.75) is 18.8 Å². The van der Waals surface area contributed by atoms with Crippen LogP contribution in [0.2, 0.25) is 0 Å². The SMILES string of the molecule is Nc1ccnc(N2CCC[C@H](c3[nH]ncc3-c3ccc(F)cc3)C2)n1. The Morgan fingerprint density at radius 3 is 2.84 bits per heavy atom. The molecule has 3 N–H and O–H groups in total. The van der Waals surface area contributed by atoms with Crippen LogP contribution in [0.3, 0.4) is 0 Å². The van der Waals surface area contributed by atoms with Crippen LogP contribution < -0.4 is 10.6 Å². The second-order valence-corrected chi connectivity index (χ2v) is 6.27. The van der Waals surface area contributed by atoms with E-state index in [-0.39, 0.29) is 11.7 Å². The first kappa shape index (κ1) is 15.6. The fraction of sp³-hybridized carbons (Fsp3) is 0.278. The standard InChI is InChI=1S/C18H19FN6/c19-14-5-3-12(4-6-14)15-10-22-24-17(15)13-2-1-9-25(11-13)18-21-8-7-16(20)23-18/h3-8,10,13H,1-2,9,11H2,(H,22,24)(H2,20,21,23)/t13-/m0/s1. The van der Waals surface area contributed by atoms with Gasteiger partial charge in [-0.3, -0.25) is 5.10 Å². The van der Waals surface area contributed by atoms with E-state index in [2.05, 4.69) is 25.1 Å². The molecule has 3 heterocycles. The van der Waals surface area contributed by atoms with Gasteiger partial charge in [0.1, 0.15) is 11.6 Å². The molecule has 1 fully saturated rings. The Kier molecular flexibility index (Phi) is 4.05. The molecule has 25 heavy (non-hydrogen) atoms. The molecule has 128 valence electrons. The lowest BCUT2D eigenvalue weighted by Crippen LogP contribution is -2.36. The van der Waals surface area contributed by atoms with E-state index in [1.54, 1.807) is 30.6 Å². The van der Waals surface area contributed by atoms with Gasteiger partial charge in [-0.1, -0.05) is 12.1 Å². The maximum absolute atomic E-state index is 13.2. The van der Waals surface area contributed by atoms with Gasteiger partial charge in [-0.2, -0.15) is 10.1 Å². The van der Waals surface area contributed by atoms with E-state index in [9.17, 15) is 4.39 Å². The van der Waals surface area contributed by atoms with E-state index < -0.39 is 0 Å². The van der Waals surface area contributed by atoms with Crippen LogP contribution in [-0.2, 0) is 0 Å². The first-order valence-corrected chi connectivity index (χ1v) is 8.33. The van der Waals surface area contributed by atoms with Crippen molar-refractivity contribution < 1.29 is 4.39 Å². The summed E-state index contributed by atoms with van der Waals surface area (Å²) in [5, 5.41) is 7.36. The highest BCUT2D eigenvalue weighted by atomic mass is 19.1. The topological polar surface area (TPSA) is 83.7 Å². The number of aromatic nitrogens is 4. The summed E-state index contributed by atoms with van der Waals surface area (Å²) in [4.78, 5) is 10.8. The summed E-state index contributed by atoms with van der Waals surface area (Å²) in [6, 6.07) is 8.20. The zero-order valence-corrected chi connectivity index (χ0v) is 13.7. The third kappa shape index (κ3) is 3.17. The zero-order chi connectivity index (χ0) is 17.2. The molecule has 1 saturated heterocycles. The molecule has 0 amide bonds. The van der Waals surface area contributed by atoms with E-state index in [0.717, 1.165) is 42.8 Å². The first-order chi connectivity index (χ1) is 12.2. The van der Waals surface area contributed by atoms with Crippen LogP contribution in [0, 0.1) is 5.82 Å². The summed E-state index contributed by atoms with van der Waals surface area (Å²) in [5.74, 6) is 1.17. The van der Waals surface area contributed by atoms with E-state index in [1.165, 1.54) is 12.1 Å². The number of H-pyrrole nitrogens is 1. The number of halogens is 1. The third-order valence-electron chi connectivity index (χ3n) is 4.60. The molecule has 3 aromatic rings. The average molecular weight is 338 g/mol. The fourth-order valence-corrected chi connectivity index (χ4v) is 3.38. The Balaban J connectivity index is 1.60. The predicted molar refractivity (Wildman–Crippen MR) is 94.6 cm³/mol. The molecule has 2 aromatic heterocycles. The summed E-state index contributed by atoms with van der Waals surface area (Å²) in [6.07, 6.45) is 5.57. The van der Waals surface area contributed by atoms with Gasteiger partial charge in [0.25, 0.3) is 0 Å². The van der Waals surface area contributed by atoms with Gasteiger partial charge in [-0.05, 0) is 36.6 Å². The Labute approximate surface area is 144 Å². The highest BCUT2D eigenvalue weighted by molar-refractivity contribution is 5.66. The molecular weight excluding hydrogens is 319 g/mol. The number of nitrogen functional groups attached to an aromatic ring is 1. The van der Waals surface area contributed by atoms with Gasteiger partial charge in [0.05, 0.1) is 6.20 Å². The molecule has 0 radical (unpaired) electrons. The normalized spacial score (nSPS) is 17.6. The third-order valence-corrected chi connectivity index (χ3v) is 4.60. The fourth-order valence-electron chi connectivity index (χ4n) is 3.38. The lowest BCUT2D eigenvalue weighted by atomic mass is 9.91. The summed E-state index contributed by atoms with van der Waals surface area (Å²) >= 11 is 0.